The maximum Gasteiger partial charge on any atom is 0.225 e. The van der Waals surface area contributed by atoms with E-state index in [2.05, 4.69) is 4.90 Å². The first-order chi connectivity index (χ1) is 10.2. The summed E-state index contributed by atoms with van der Waals surface area (Å²) in [6, 6.07) is 0.827. The van der Waals surface area contributed by atoms with Gasteiger partial charge >= 0.3 is 0 Å². The first-order valence-corrected chi connectivity index (χ1v) is 8.82. The molecule has 2 saturated carbocycles. The van der Waals surface area contributed by atoms with Crippen molar-refractivity contribution in [3.8, 4) is 0 Å². The summed E-state index contributed by atoms with van der Waals surface area (Å²) >= 11 is 0. The minimum Gasteiger partial charge on any atom is -0.342 e. The van der Waals surface area contributed by atoms with Crippen LogP contribution in [0.25, 0.3) is 0 Å². The molecular formula is C17H27FN2O. The van der Waals surface area contributed by atoms with Crippen molar-refractivity contribution in [2.75, 3.05) is 26.2 Å². The standard InChI is InChI=1S/C17H27FN2O/c18-14-9-13(10-14)16(21)20-7-3-17(4-8-20)11-15(12-17)19-5-1-2-6-19/h13-15H,1-12H2. The lowest BCUT2D eigenvalue weighted by Gasteiger charge is -2.55. The molecule has 0 bridgehead atoms. The van der Waals surface area contributed by atoms with Gasteiger partial charge in [0.2, 0.25) is 5.91 Å². The minimum atomic E-state index is -0.720. The van der Waals surface area contributed by atoms with Crippen molar-refractivity contribution >= 4 is 5.91 Å². The van der Waals surface area contributed by atoms with E-state index in [0.29, 0.717) is 18.3 Å². The number of carbonyl (C=O) groups excluding carboxylic acids is 1. The molecule has 1 spiro atoms. The molecule has 21 heavy (non-hydrogen) atoms. The minimum absolute atomic E-state index is 0.00668. The van der Waals surface area contributed by atoms with Gasteiger partial charge in [-0.05, 0) is 69.9 Å². The third kappa shape index (κ3) is 2.49. The monoisotopic (exact) mass is 294 g/mol. The van der Waals surface area contributed by atoms with Gasteiger partial charge in [-0.1, -0.05) is 0 Å². The molecule has 2 saturated heterocycles. The molecule has 2 aliphatic carbocycles. The largest absolute Gasteiger partial charge is 0.342 e. The van der Waals surface area contributed by atoms with E-state index >= 15 is 0 Å². The van der Waals surface area contributed by atoms with Crippen molar-refractivity contribution in [1.82, 2.24) is 9.80 Å². The highest BCUT2D eigenvalue weighted by molar-refractivity contribution is 5.80. The smallest absolute Gasteiger partial charge is 0.225 e. The van der Waals surface area contributed by atoms with Gasteiger partial charge in [-0.3, -0.25) is 4.79 Å². The van der Waals surface area contributed by atoms with Crippen LogP contribution >= 0.6 is 0 Å². The molecule has 0 radical (unpaired) electrons. The molecule has 1 amide bonds. The van der Waals surface area contributed by atoms with E-state index in [9.17, 15) is 9.18 Å². The Balaban J connectivity index is 1.25. The Morgan fingerprint density at radius 3 is 2.19 bits per heavy atom. The highest BCUT2D eigenvalue weighted by atomic mass is 19.1. The van der Waals surface area contributed by atoms with Crippen LogP contribution in [0.15, 0.2) is 0 Å². The number of likely N-dealkylation sites (tertiary alicyclic amines) is 2. The van der Waals surface area contributed by atoms with Gasteiger partial charge in [-0.2, -0.15) is 0 Å². The lowest BCUT2D eigenvalue weighted by Crippen LogP contribution is -2.56. The Bertz CT molecular complexity index is 399. The second-order valence-electron chi connectivity index (χ2n) is 7.90. The first kappa shape index (κ1) is 14.0. The van der Waals surface area contributed by atoms with E-state index in [-0.39, 0.29) is 11.8 Å². The average molecular weight is 294 g/mol. The zero-order chi connectivity index (χ0) is 14.4. The Morgan fingerprint density at radius 2 is 1.62 bits per heavy atom. The van der Waals surface area contributed by atoms with E-state index in [1.54, 1.807) is 0 Å². The van der Waals surface area contributed by atoms with Gasteiger partial charge in [0.15, 0.2) is 0 Å². The third-order valence-electron chi connectivity index (χ3n) is 6.56. The van der Waals surface area contributed by atoms with E-state index in [1.807, 2.05) is 4.90 Å². The van der Waals surface area contributed by atoms with Gasteiger partial charge in [0, 0.05) is 25.0 Å². The topological polar surface area (TPSA) is 23.6 Å². The summed E-state index contributed by atoms with van der Waals surface area (Å²) in [5.41, 5.74) is 0.534. The fourth-order valence-corrected chi connectivity index (χ4v) is 4.92. The van der Waals surface area contributed by atoms with Crippen LogP contribution in [-0.2, 0) is 4.79 Å². The molecule has 3 nitrogen and oxygen atoms in total. The van der Waals surface area contributed by atoms with E-state index in [0.717, 1.165) is 19.1 Å². The SMILES string of the molecule is O=C(C1CC(F)C1)N1CCC2(CC1)CC(N1CCCC1)C2. The molecule has 118 valence electrons. The zero-order valence-corrected chi connectivity index (χ0v) is 12.9. The second-order valence-corrected chi connectivity index (χ2v) is 7.90. The number of nitrogens with zero attached hydrogens (tertiary/aromatic N) is 2. The molecule has 0 unspecified atom stereocenters. The van der Waals surface area contributed by atoms with Crippen LogP contribution < -0.4 is 0 Å². The summed E-state index contributed by atoms with van der Waals surface area (Å²) in [5, 5.41) is 0. The van der Waals surface area contributed by atoms with Gasteiger partial charge in [0.05, 0.1) is 0 Å². The Kier molecular flexibility index (Phi) is 3.48. The summed E-state index contributed by atoms with van der Waals surface area (Å²) in [4.78, 5) is 17.0. The van der Waals surface area contributed by atoms with Gasteiger partial charge < -0.3 is 9.80 Å². The number of alkyl halides is 1. The van der Waals surface area contributed by atoms with Crippen molar-refractivity contribution in [3.63, 3.8) is 0 Å². The summed E-state index contributed by atoms with van der Waals surface area (Å²) in [6.07, 6.45) is 8.03. The molecule has 4 heteroatoms. The van der Waals surface area contributed by atoms with E-state index in [1.165, 1.54) is 51.6 Å². The van der Waals surface area contributed by atoms with Gasteiger partial charge in [0.1, 0.15) is 6.17 Å². The van der Waals surface area contributed by atoms with Crippen LogP contribution in [0.4, 0.5) is 4.39 Å². The van der Waals surface area contributed by atoms with Crippen LogP contribution in [0.1, 0.15) is 51.4 Å². The van der Waals surface area contributed by atoms with Crippen LogP contribution in [-0.4, -0.2) is 54.1 Å². The summed E-state index contributed by atoms with van der Waals surface area (Å²) in [6.45, 7) is 4.44. The van der Waals surface area contributed by atoms with Crippen molar-refractivity contribution in [3.05, 3.63) is 0 Å². The predicted molar refractivity (Wildman–Crippen MR) is 79.7 cm³/mol. The molecular weight excluding hydrogens is 267 g/mol. The summed E-state index contributed by atoms with van der Waals surface area (Å²) < 4.78 is 12.9. The molecule has 4 rings (SSSR count). The third-order valence-corrected chi connectivity index (χ3v) is 6.56. The Hall–Kier alpha value is -0.640. The number of hydrogen-bond donors (Lipinski definition) is 0. The summed E-state index contributed by atoms with van der Waals surface area (Å²) in [7, 11) is 0. The lowest BCUT2D eigenvalue weighted by molar-refractivity contribution is -0.145. The highest BCUT2D eigenvalue weighted by Gasteiger charge is 2.49. The number of rotatable bonds is 2. The maximum absolute atomic E-state index is 12.9. The second kappa shape index (κ2) is 5.22. The molecule has 2 aliphatic heterocycles. The number of amides is 1. The van der Waals surface area contributed by atoms with Crippen molar-refractivity contribution in [1.29, 1.82) is 0 Å². The number of hydrogen-bond acceptors (Lipinski definition) is 2. The van der Waals surface area contributed by atoms with Crippen LogP contribution in [0.3, 0.4) is 0 Å². The van der Waals surface area contributed by atoms with E-state index < -0.39 is 6.17 Å². The maximum atomic E-state index is 12.9. The highest BCUT2D eigenvalue weighted by Crippen LogP contribution is 2.51. The molecule has 0 N–H and O–H groups in total. The van der Waals surface area contributed by atoms with E-state index in [4.69, 9.17) is 0 Å². The first-order valence-electron chi connectivity index (χ1n) is 8.82. The van der Waals surface area contributed by atoms with Crippen LogP contribution in [0, 0.1) is 11.3 Å². The van der Waals surface area contributed by atoms with Crippen molar-refractivity contribution in [2.45, 2.75) is 63.6 Å². The molecule has 0 aromatic carbocycles. The quantitative estimate of drug-likeness (QED) is 0.781. The lowest BCUT2D eigenvalue weighted by atomic mass is 9.60. The molecule has 4 fully saturated rings. The number of halogens is 1. The van der Waals surface area contributed by atoms with Crippen LogP contribution in [0.2, 0.25) is 0 Å². The molecule has 0 atom stereocenters. The van der Waals surface area contributed by atoms with Crippen molar-refractivity contribution in [2.24, 2.45) is 11.3 Å². The zero-order valence-electron chi connectivity index (χ0n) is 12.9. The predicted octanol–water partition coefficient (Wildman–Crippen LogP) is 2.60. The average Bonchev–Trinajstić information content (AvgIpc) is 2.94. The van der Waals surface area contributed by atoms with Gasteiger partial charge in [-0.15, -0.1) is 0 Å². The van der Waals surface area contributed by atoms with Gasteiger partial charge in [0.25, 0.3) is 0 Å². The number of carbonyl (C=O) groups is 1. The molecule has 4 aliphatic rings. The number of piperidine rings is 1. The Morgan fingerprint density at radius 1 is 1.00 bits per heavy atom. The van der Waals surface area contributed by atoms with Crippen molar-refractivity contribution < 1.29 is 9.18 Å². The van der Waals surface area contributed by atoms with Gasteiger partial charge in [-0.25, -0.2) is 4.39 Å². The van der Waals surface area contributed by atoms with Crippen LogP contribution in [0.5, 0.6) is 0 Å². The molecule has 0 aromatic rings. The Labute approximate surface area is 126 Å². The molecule has 2 heterocycles. The molecule has 0 aromatic heterocycles. The normalized spacial score (nSPS) is 36.5. The fourth-order valence-electron chi connectivity index (χ4n) is 4.92. The fraction of sp³-hybridized carbons (Fsp3) is 0.941. The summed E-state index contributed by atoms with van der Waals surface area (Å²) in [5.74, 6) is 0.224.